The van der Waals surface area contributed by atoms with Crippen LogP contribution < -0.4 is 5.32 Å². The minimum atomic E-state index is 0.180. The van der Waals surface area contributed by atoms with Gasteiger partial charge in [-0.3, -0.25) is 0 Å². The normalized spacial score (nSPS) is 12.1. The van der Waals surface area contributed by atoms with Crippen molar-refractivity contribution >= 4 is 11.3 Å². The Kier molecular flexibility index (Phi) is 4.29. The summed E-state index contributed by atoms with van der Waals surface area (Å²) in [5, 5.41) is 4.48. The summed E-state index contributed by atoms with van der Waals surface area (Å²) in [6.07, 6.45) is 2.27. The Hall–Kier alpha value is -0.410. The summed E-state index contributed by atoms with van der Waals surface area (Å²) in [7, 11) is 1.99. The van der Waals surface area contributed by atoms with Crippen molar-refractivity contribution in [3.05, 3.63) is 15.6 Å². The van der Waals surface area contributed by atoms with Gasteiger partial charge in [-0.2, -0.15) is 0 Å². The maximum absolute atomic E-state index is 4.77. The SMILES string of the molecule is CCCc1nc(C(C)(C)C)sc1CNC. The second-order valence-corrected chi connectivity index (χ2v) is 6.00. The van der Waals surface area contributed by atoms with Crippen LogP contribution in [0.4, 0.5) is 0 Å². The topological polar surface area (TPSA) is 24.9 Å². The molecule has 0 spiro atoms. The lowest BCUT2D eigenvalue weighted by Gasteiger charge is -2.13. The fraction of sp³-hybridized carbons (Fsp3) is 0.750. The van der Waals surface area contributed by atoms with Gasteiger partial charge in [-0.15, -0.1) is 11.3 Å². The van der Waals surface area contributed by atoms with E-state index in [1.54, 1.807) is 0 Å². The molecule has 0 amide bonds. The zero-order valence-corrected chi connectivity index (χ0v) is 11.3. The van der Waals surface area contributed by atoms with Crippen LogP contribution in [0, 0.1) is 0 Å². The van der Waals surface area contributed by atoms with Gasteiger partial charge in [-0.25, -0.2) is 4.98 Å². The number of rotatable bonds is 4. The molecule has 0 radical (unpaired) electrons. The summed E-state index contributed by atoms with van der Waals surface area (Å²) in [6.45, 7) is 9.84. The van der Waals surface area contributed by atoms with Crippen molar-refractivity contribution in [1.82, 2.24) is 10.3 Å². The molecule has 2 nitrogen and oxygen atoms in total. The minimum absolute atomic E-state index is 0.180. The van der Waals surface area contributed by atoms with Crippen molar-refractivity contribution in [3.63, 3.8) is 0 Å². The number of hydrogen-bond donors (Lipinski definition) is 1. The predicted octanol–water partition coefficient (Wildman–Crippen LogP) is 3.11. The summed E-state index contributed by atoms with van der Waals surface area (Å²) in [6, 6.07) is 0. The summed E-state index contributed by atoms with van der Waals surface area (Å²) in [5.74, 6) is 0. The molecule has 1 aromatic rings. The van der Waals surface area contributed by atoms with Gasteiger partial charge in [-0.05, 0) is 13.5 Å². The van der Waals surface area contributed by atoms with E-state index in [1.807, 2.05) is 18.4 Å². The Morgan fingerprint density at radius 1 is 1.33 bits per heavy atom. The first kappa shape index (κ1) is 12.7. The molecule has 1 rings (SSSR count). The molecule has 0 aliphatic carbocycles. The second-order valence-electron chi connectivity index (χ2n) is 4.92. The fourth-order valence-electron chi connectivity index (χ4n) is 1.43. The van der Waals surface area contributed by atoms with E-state index in [9.17, 15) is 0 Å². The zero-order chi connectivity index (χ0) is 11.5. The molecule has 0 saturated carbocycles. The fourth-order valence-corrected chi connectivity index (χ4v) is 2.61. The van der Waals surface area contributed by atoms with Gasteiger partial charge in [0.1, 0.15) is 0 Å². The van der Waals surface area contributed by atoms with E-state index in [2.05, 4.69) is 33.0 Å². The first-order valence-corrected chi connectivity index (χ1v) is 6.44. The third-order valence-electron chi connectivity index (χ3n) is 2.24. The third-order valence-corrected chi connectivity index (χ3v) is 3.77. The van der Waals surface area contributed by atoms with Gasteiger partial charge in [0.25, 0.3) is 0 Å². The lowest BCUT2D eigenvalue weighted by Crippen LogP contribution is -2.10. The van der Waals surface area contributed by atoms with Crippen LogP contribution in [0.3, 0.4) is 0 Å². The van der Waals surface area contributed by atoms with Crippen LogP contribution in [-0.4, -0.2) is 12.0 Å². The molecule has 0 aliphatic heterocycles. The molecular formula is C12H22N2S. The van der Waals surface area contributed by atoms with Gasteiger partial charge in [0.15, 0.2) is 0 Å². The lowest BCUT2D eigenvalue weighted by molar-refractivity contribution is 0.582. The Labute approximate surface area is 97.1 Å². The van der Waals surface area contributed by atoms with Gasteiger partial charge in [0.2, 0.25) is 0 Å². The second kappa shape index (κ2) is 5.08. The number of nitrogens with zero attached hydrogens (tertiary/aromatic N) is 1. The first-order valence-electron chi connectivity index (χ1n) is 5.62. The van der Waals surface area contributed by atoms with E-state index in [0.29, 0.717) is 0 Å². The van der Waals surface area contributed by atoms with Crippen LogP contribution in [0.15, 0.2) is 0 Å². The molecule has 1 aromatic heterocycles. The van der Waals surface area contributed by atoms with Gasteiger partial charge < -0.3 is 5.32 Å². The summed E-state index contributed by atoms with van der Waals surface area (Å²) in [4.78, 5) is 6.18. The molecule has 1 N–H and O–H groups in total. The van der Waals surface area contributed by atoms with Crippen LogP contribution >= 0.6 is 11.3 Å². The van der Waals surface area contributed by atoms with E-state index < -0.39 is 0 Å². The van der Waals surface area contributed by atoms with Crippen molar-refractivity contribution in [1.29, 1.82) is 0 Å². The predicted molar refractivity (Wildman–Crippen MR) is 67.6 cm³/mol. The summed E-state index contributed by atoms with van der Waals surface area (Å²) >= 11 is 1.86. The molecule has 0 fully saturated rings. The highest BCUT2D eigenvalue weighted by Gasteiger charge is 2.20. The monoisotopic (exact) mass is 226 g/mol. The first-order chi connectivity index (χ1) is 6.99. The molecular weight excluding hydrogens is 204 g/mol. The van der Waals surface area contributed by atoms with Crippen molar-refractivity contribution in [2.45, 2.75) is 52.5 Å². The molecule has 0 aliphatic rings. The average Bonchev–Trinajstić information content (AvgIpc) is 2.50. The zero-order valence-electron chi connectivity index (χ0n) is 10.5. The smallest absolute Gasteiger partial charge is 0.0985 e. The van der Waals surface area contributed by atoms with Crippen LogP contribution in [0.25, 0.3) is 0 Å². The van der Waals surface area contributed by atoms with Crippen LogP contribution in [0.5, 0.6) is 0 Å². The Morgan fingerprint density at radius 3 is 2.47 bits per heavy atom. The maximum Gasteiger partial charge on any atom is 0.0985 e. The quantitative estimate of drug-likeness (QED) is 0.853. The van der Waals surface area contributed by atoms with E-state index in [-0.39, 0.29) is 5.41 Å². The average molecular weight is 226 g/mol. The molecule has 15 heavy (non-hydrogen) atoms. The number of aromatic nitrogens is 1. The van der Waals surface area contributed by atoms with E-state index in [0.717, 1.165) is 13.0 Å². The Balaban J connectivity index is 2.98. The van der Waals surface area contributed by atoms with Crippen LogP contribution in [0.1, 0.15) is 49.7 Å². The third kappa shape index (κ3) is 3.28. The van der Waals surface area contributed by atoms with Crippen molar-refractivity contribution < 1.29 is 0 Å². The maximum atomic E-state index is 4.77. The molecule has 86 valence electrons. The number of nitrogens with one attached hydrogen (secondary N) is 1. The molecule has 0 atom stereocenters. The van der Waals surface area contributed by atoms with Crippen LogP contribution in [-0.2, 0) is 18.4 Å². The summed E-state index contributed by atoms with van der Waals surface area (Å²) in [5.41, 5.74) is 1.47. The van der Waals surface area contributed by atoms with Gasteiger partial charge in [0.05, 0.1) is 10.7 Å². The van der Waals surface area contributed by atoms with Crippen molar-refractivity contribution in [2.24, 2.45) is 0 Å². The van der Waals surface area contributed by atoms with E-state index in [4.69, 9.17) is 4.98 Å². The minimum Gasteiger partial charge on any atom is -0.315 e. The van der Waals surface area contributed by atoms with Gasteiger partial charge >= 0.3 is 0 Å². The molecule has 3 heteroatoms. The lowest BCUT2D eigenvalue weighted by atomic mass is 9.98. The highest BCUT2D eigenvalue weighted by molar-refractivity contribution is 7.11. The molecule has 0 saturated heterocycles. The van der Waals surface area contributed by atoms with Gasteiger partial charge in [0, 0.05) is 16.8 Å². The van der Waals surface area contributed by atoms with Crippen LogP contribution in [0.2, 0.25) is 0 Å². The van der Waals surface area contributed by atoms with Gasteiger partial charge in [-0.1, -0.05) is 34.1 Å². The van der Waals surface area contributed by atoms with E-state index >= 15 is 0 Å². The number of thiazole rings is 1. The Morgan fingerprint density at radius 2 is 2.00 bits per heavy atom. The highest BCUT2D eigenvalue weighted by atomic mass is 32.1. The van der Waals surface area contributed by atoms with Crippen molar-refractivity contribution in [3.8, 4) is 0 Å². The largest absolute Gasteiger partial charge is 0.315 e. The number of hydrogen-bond acceptors (Lipinski definition) is 3. The highest BCUT2D eigenvalue weighted by Crippen LogP contribution is 2.29. The standard InChI is InChI=1S/C12H22N2S/c1-6-7-9-10(8-13-5)15-11(14-9)12(2,3)4/h13H,6-8H2,1-5H3. The van der Waals surface area contributed by atoms with Crippen molar-refractivity contribution in [2.75, 3.05) is 7.05 Å². The Bertz CT molecular complexity index is 286. The number of aryl methyl sites for hydroxylation is 1. The molecule has 0 unspecified atom stereocenters. The molecule has 1 heterocycles. The summed E-state index contributed by atoms with van der Waals surface area (Å²) < 4.78 is 0. The molecule has 0 aromatic carbocycles. The molecule has 0 bridgehead atoms. The van der Waals surface area contributed by atoms with E-state index in [1.165, 1.54) is 22.0 Å².